The highest BCUT2D eigenvalue weighted by Crippen LogP contribution is 2.32. The molecule has 1 fully saturated rings. The third kappa shape index (κ3) is 3.39. The number of pyridine rings is 1. The zero-order valence-electron chi connectivity index (χ0n) is 16.9. The Morgan fingerprint density at radius 3 is 2.97 bits per heavy atom. The molecule has 0 spiro atoms. The van der Waals surface area contributed by atoms with Gasteiger partial charge in [0.1, 0.15) is 10.8 Å². The summed E-state index contributed by atoms with van der Waals surface area (Å²) in [4.78, 5) is 27.5. The van der Waals surface area contributed by atoms with Gasteiger partial charge in [0.15, 0.2) is 22.7 Å². The Kier molecular flexibility index (Phi) is 5.23. The van der Waals surface area contributed by atoms with Crippen LogP contribution in [0.25, 0.3) is 10.6 Å². The first-order valence-electron chi connectivity index (χ1n) is 10.0. The summed E-state index contributed by atoms with van der Waals surface area (Å²) in [6.45, 7) is 2.73. The average molecular weight is 477 g/mol. The molecule has 0 unspecified atom stereocenters. The van der Waals surface area contributed by atoms with E-state index >= 15 is 0 Å². The number of amides is 1. The summed E-state index contributed by atoms with van der Waals surface area (Å²) in [6.07, 6.45) is 1.87. The fourth-order valence-corrected chi connectivity index (χ4v) is 5.16. The molecule has 0 bridgehead atoms. The monoisotopic (exact) mass is 476 g/mol. The van der Waals surface area contributed by atoms with Gasteiger partial charge < -0.3 is 19.3 Å². The summed E-state index contributed by atoms with van der Waals surface area (Å²) in [5, 5.41) is 19.5. The molecule has 1 N–H and O–H groups in total. The first-order chi connectivity index (χ1) is 15.3. The molecule has 0 radical (unpaired) electrons. The van der Waals surface area contributed by atoms with E-state index in [0.717, 1.165) is 11.3 Å². The summed E-state index contributed by atoms with van der Waals surface area (Å²) in [6, 6.07) is 4.65. The molecule has 8 nitrogen and oxygen atoms in total. The number of aromatic nitrogens is 3. The van der Waals surface area contributed by atoms with Gasteiger partial charge in [0.05, 0.1) is 23.7 Å². The van der Waals surface area contributed by atoms with Crippen molar-refractivity contribution in [3.63, 3.8) is 0 Å². The number of rotatable bonds is 3. The van der Waals surface area contributed by atoms with Gasteiger partial charge in [-0.15, -0.1) is 10.2 Å². The number of nitrogens with zero attached hydrogens (tertiary/aromatic N) is 4. The number of carbonyl (C=O) groups excluding carboxylic acids is 1. The lowest BCUT2D eigenvalue weighted by Gasteiger charge is -2.44. The zero-order chi connectivity index (χ0) is 22.6. The quantitative estimate of drug-likeness (QED) is 0.624. The third-order valence-corrected chi connectivity index (χ3v) is 7.00. The molecule has 2 aromatic heterocycles. The van der Waals surface area contributed by atoms with Crippen LogP contribution in [0.1, 0.15) is 34.4 Å². The topological polar surface area (TPSA) is 97.5 Å². The number of fused-ring (bicyclic) bond motifs is 2. The normalized spacial score (nSPS) is 20.2. The van der Waals surface area contributed by atoms with E-state index in [0.29, 0.717) is 23.6 Å². The lowest BCUT2D eigenvalue weighted by molar-refractivity contribution is -0.112. The van der Waals surface area contributed by atoms with E-state index in [1.54, 1.807) is 17.0 Å². The van der Waals surface area contributed by atoms with E-state index in [4.69, 9.17) is 16.3 Å². The van der Waals surface area contributed by atoms with Crippen molar-refractivity contribution in [3.05, 3.63) is 61.7 Å². The standard InChI is InChI=1S/C21H18ClFN4O4S/c1-10-5-6-31-15-9-26-8-12(18(28)19(29)17(26)21(30)27(10)15)20-25-24-14(32-20)7-11-3-2-4-13(22)16(11)23/h2-4,8,10,15,29H,5-7,9H2,1H3/t10-,15+/m1/s1. The van der Waals surface area contributed by atoms with Gasteiger partial charge in [-0.05, 0) is 25.0 Å². The summed E-state index contributed by atoms with van der Waals surface area (Å²) in [5.41, 5.74) is -0.283. The Morgan fingerprint density at radius 1 is 1.34 bits per heavy atom. The molecule has 5 rings (SSSR count). The second-order valence-corrected chi connectivity index (χ2v) is 9.26. The summed E-state index contributed by atoms with van der Waals surface area (Å²) in [5.74, 6) is -1.59. The van der Waals surface area contributed by atoms with Gasteiger partial charge in [-0.1, -0.05) is 35.1 Å². The number of carbonyl (C=O) groups is 1. The van der Waals surface area contributed by atoms with E-state index < -0.39 is 29.1 Å². The van der Waals surface area contributed by atoms with E-state index in [2.05, 4.69) is 10.2 Å². The highest BCUT2D eigenvalue weighted by Gasteiger charge is 2.40. The van der Waals surface area contributed by atoms with Gasteiger partial charge in [0.25, 0.3) is 5.91 Å². The second kappa shape index (κ2) is 7.95. The first kappa shape index (κ1) is 21.0. The minimum atomic E-state index is -0.703. The molecular formula is C21H18ClFN4O4S. The molecule has 2 atom stereocenters. The van der Waals surface area contributed by atoms with Crippen LogP contribution in [0.3, 0.4) is 0 Å². The van der Waals surface area contributed by atoms with Crippen molar-refractivity contribution in [1.29, 1.82) is 0 Å². The maximum atomic E-state index is 14.2. The van der Waals surface area contributed by atoms with E-state index in [-0.39, 0.29) is 40.3 Å². The number of ether oxygens (including phenoxy) is 1. The lowest BCUT2D eigenvalue weighted by Crippen LogP contribution is -2.56. The number of benzene rings is 1. The van der Waals surface area contributed by atoms with Crippen LogP contribution in [-0.4, -0.2) is 49.6 Å². The van der Waals surface area contributed by atoms with Gasteiger partial charge in [-0.3, -0.25) is 9.59 Å². The molecule has 3 aromatic rings. The fraction of sp³-hybridized carbons (Fsp3) is 0.333. The molecule has 4 heterocycles. The van der Waals surface area contributed by atoms with Gasteiger partial charge in [-0.25, -0.2) is 4.39 Å². The maximum absolute atomic E-state index is 14.2. The summed E-state index contributed by atoms with van der Waals surface area (Å²) in [7, 11) is 0. The molecule has 32 heavy (non-hydrogen) atoms. The van der Waals surface area contributed by atoms with E-state index in [9.17, 15) is 19.1 Å². The zero-order valence-corrected chi connectivity index (χ0v) is 18.5. The Bertz CT molecular complexity index is 1290. The van der Waals surface area contributed by atoms with Crippen LogP contribution < -0.4 is 5.43 Å². The SMILES string of the molecule is C[C@@H]1CCO[C@H]2Cn3cc(-c4nnc(Cc5cccc(Cl)c5F)s4)c(=O)c(O)c3C(=O)N12. The Balaban J connectivity index is 1.51. The molecule has 0 saturated carbocycles. The lowest BCUT2D eigenvalue weighted by atomic mass is 10.1. The molecule has 2 aliphatic rings. The highest BCUT2D eigenvalue weighted by molar-refractivity contribution is 7.14. The van der Waals surface area contributed by atoms with E-state index in [1.807, 2.05) is 6.92 Å². The van der Waals surface area contributed by atoms with Crippen molar-refractivity contribution in [2.75, 3.05) is 6.61 Å². The molecule has 0 aliphatic carbocycles. The molecule has 2 aliphatic heterocycles. The van der Waals surface area contributed by atoms with Crippen LogP contribution in [0.4, 0.5) is 4.39 Å². The third-order valence-electron chi connectivity index (χ3n) is 5.75. The Labute approximate surface area is 190 Å². The van der Waals surface area contributed by atoms with Crippen LogP contribution in [-0.2, 0) is 17.7 Å². The van der Waals surface area contributed by atoms with Gasteiger partial charge in [0, 0.05) is 18.7 Å². The van der Waals surface area contributed by atoms with Gasteiger partial charge in [0.2, 0.25) is 5.43 Å². The molecule has 1 aromatic carbocycles. The van der Waals surface area contributed by atoms with Crippen LogP contribution in [0, 0.1) is 5.82 Å². The minimum absolute atomic E-state index is 0.0167. The van der Waals surface area contributed by atoms with Crippen molar-refractivity contribution in [2.24, 2.45) is 0 Å². The Hall–Kier alpha value is -2.82. The molecule has 1 amide bonds. The smallest absolute Gasteiger partial charge is 0.276 e. The van der Waals surface area contributed by atoms with Crippen molar-refractivity contribution in [1.82, 2.24) is 19.7 Å². The predicted molar refractivity (Wildman–Crippen MR) is 115 cm³/mol. The van der Waals surface area contributed by atoms with Crippen LogP contribution in [0.15, 0.2) is 29.2 Å². The second-order valence-electron chi connectivity index (χ2n) is 7.79. The van der Waals surface area contributed by atoms with Crippen molar-refractivity contribution < 1.29 is 19.0 Å². The number of aromatic hydroxyl groups is 1. The van der Waals surface area contributed by atoms with Crippen LogP contribution in [0.5, 0.6) is 5.75 Å². The van der Waals surface area contributed by atoms with Crippen LogP contribution in [0.2, 0.25) is 5.02 Å². The van der Waals surface area contributed by atoms with Crippen LogP contribution >= 0.6 is 22.9 Å². The fourth-order valence-electron chi connectivity index (χ4n) is 4.09. The summed E-state index contributed by atoms with van der Waals surface area (Å²) >= 11 is 6.95. The number of hydrogen-bond donors (Lipinski definition) is 1. The maximum Gasteiger partial charge on any atom is 0.276 e. The van der Waals surface area contributed by atoms with Gasteiger partial charge in [-0.2, -0.15) is 0 Å². The molecule has 1 saturated heterocycles. The number of halogens is 2. The van der Waals surface area contributed by atoms with Gasteiger partial charge >= 0.3 is 0 Å². The van der Waals surface area contributed by atoms with Crippen molar-refractivity contribution in [3.8, 4) is 16.3 Å². The highest BCUT2D eigenvalue weighted by atomic mass is 35.5. The summed E-state index contributed by atoms with van der Waals surface area (Å²) < 4.78 is 21.5. The minimum Gasteiger partial charge on any atom is -0.503 e. The van der Waals surface area contributed by atoms with Crippen molar-refractivity contribution >= 4 is 28.8 Å². The predicted octanol–water partition coefficient (Wildman–Crippen LogP) is 3.05. The molecule has 11 heteroatoms. The molecule has 166 valence electrons. The number of hydrogen-bond acceptors (Lipinski definition) is 7. The molecular weight excluding hydrogens is 459 g/mol. The van der Waals surface area contributed by atoms with Crippen molar-refractivity contribution in [2.45, 2.75) is 38.6 Å². The first-order valence-corrected chi connectivity index (χ1v) is 11.2. The van der Waals surface area contributed by atoms with E-state index in [1.165, 1.54) is 16.8 Å². The average Bonchev–Trinajstić information content (AvgIpc) is 3.22. The largest absolute Gasteiger partial charge is 0.503 e. The Morgan fingerprint density at radius 2 is 2.16 bits per heavy atom.